The third-order valence-electron chi connectivity index (χ3n) is 6.12. The normalized spacial score (nSPS) is 25.2. The molecule has 0 bridgehead atoms. The zero-order chi connectivity index (χ0) is 20.8. The van der Waals surface area contributed by atoms with Gasteiger partial charge in [0.05, 0.1) is 24.3 Å². The summed E-state index contributed by atoms with van der Waals surface area (Å²) >= 11 is 0. The number of benzene rings is 2. The summed E-state index contributed by atoms with van der Waals surface area (Å²) in [5.41, 5.74) is 2.39. The molecule has 4 unspecified atom stereocenters. The Morgan fingerprint density at radius 1 is 0.793 bits per heavy atom. The molecule has 2 amide bonds. The second-order valence-corrected chi connectivity index (χ2v) is 8.47. The Labute approximate surface area is 170 Å². The lowest BCUT2D eigenvalue weighted by Gasteiger charge is -2.29. The quantitative estimate of drug-likeness (QED) is 0.592. The number of hydrogen-bond acceptors (Lipinski definition) is 4. The lowest BCUT2D eigenvalue weighted by molar-refractivity contribution is -0.143. The van der Waals surface area contributed by atoms with Crippen LogP contribution in [-0.4, -0.2) is 34.2 Å². The van der Waals surface area contributed by atoms with Gasteiger partial charge in [-0.3, -0.25) is 9.59 Å². The van der Waals surface area contributed by atoms with E-state index in [-0.39, 0.29) is 0 Å². The van der Waals surface area contributed by atoms with Crippen LogP contribution in [0.15, 0.2) is 48.5 Å². The first kappa shape index (κ1) is 19.6. The van der Waals surface area contributed by atoms with E-state index in [4.69, 9.17) is 0 Å². The molecule has 29 heavy (non-hydrogen) atoms. The number of carbonyl (C=O) groups excluding carboxylic acids is 2. The highest BCUT2D eigenvalue weighted by Gasteiger charge is 2.42. The van der Waals surface area contributed by atoms with Crippen molar-refractivity contribution in [2.75, 3.05) is 0 Å². The molecule has 4 atom stereocenters. The second kappa shape index (κ2) is 7.28. The highest BCUT2D eigenvalue weighted by atomic mass is 16.3. The molecule has 0 aliphatic heterocycles. The lowest BCUT2D eigenvalue weighted by atomic mass is 9.89. The smallest absolute Gasteiger partial charge is 0.235 e. The first-order valence-electron chi connectivity index (χ1n) is 9.92. The zero-order valence-electron chi connectivity index (χ0n) is 16.6. The van der Waals surface area contributed by atoms with Crippen molar-refractivity contribution >= 4 is 11.8 Å². The first-order valence-corrected chi connectivity index (χ1v) is 9.92. The van der Waals surface area contributed by atoms with E-state index in [1.807, 2.05) is 48.5 Å². The SMILES string of the molecule is CC(C)(C(=O)NC1c2ccccc2CC1O)C(=O)NC1c2ccccc2CC1O. The number of rotatable bonds is 4. The van der Waals surface area contributed by atoms with Gasteiger partial charge in [-0.15, -0.1) is 0 Å². The van der Waals surface area contributed by atoms with E-state index in [9.17, 15) is 19.8 Å². The van der Waals surface area contributed by atoms with Gasteiger partial charge in [0.2, 0.25) is 11.8 Å². The predicted octanol–water partition coefficient (Wildman–Crippen LogP) is 1.56. The highest BCUT2D eigenvalue weighted by Crippen LogP contribution is 2.34. The fourth-order valence-corrected chi connectivity index (χ4v) is 4.24. The van der Waals surface area contributed by atoms with Gasteiger partial charge >= 0.3 is 0 Å². The third kappa shape index (κ3) is 3.43. The Morgan fingerprint density at radius 3 is 1.59 bits per heavy atom. The molecule has 4 rings (SSSR count). The minimum absolute atomic E-state index is 0.462. The average Bonchev–Trinajstić information content (AvgIpc) is 3.18. The van der Waals surface area contributed by atoms with Crippen LogP contribution in [0, 0.1) is 5.41 Å². The molecular formula is C23H26N2O4. The lowest BCUT2D eigenvalue weighted by Crippen LogP contribution is -2.51. The topological polar surface area (TPSA) is 98.7 Å². The van der Waals surface area contributed by atoms with E-state index in [0.29, 0.717) is 12.8 Å². The average molecular weight is 394 g/mol. The summed E-state index contributed by atoms with van der Waals surface area (Å²) in [6, 6.07) is 14.1. The number of carbonyl (C=O) groups is 2. The second-order valence-electron chi connectivity index (χ2n) is 8.47. The van der Waals surface area contributed by atoms with E-state index in [1.54, 1.807) is 13.8 Å². The standard InChI is InChI=1S/C23H26N2O4/c1-23(2,21(28)24-19-15-9-5-3-7-13(15)11-17(19)26)22(29)25-20-16-10-6-4-8-14(16)12-18(20)27/h3-10,17-20,26-27H,11-12H2,1-2H3,(H,24,28)(H,25,29). The fourth-order valence-electron chi connectivity index (χ4n) is 4.24. The number of nitrogens with one attached hydrogen (secondary N) is 2. The largest absolute Gasteiger partial charge is 0.390 e. The zero-order valence-corrected chi connectivity index (χ0v) is 16.6. The van der Waals surface area contributed by atoms with Crippen LogP contribution >= 0.6 is 0 Å². The molecular weight excluding hydrogens is 368 g/mol. The number of hydrogen-bond donors (Lipinski definition) is 4. The van der Waals surface area contributed by atoms with Gasteiger partial charge in [0.15, 0.2) is 0 Å². The van der Waals surface area contributed by atoms with Crippen LogP contribution in [0.25, 0.3) is 0 Å². The predicted molar refractivity (Wildman–Crippen MR) is 108 cm³/mol. The van der Waals surface area contributed by atoms with Crippen molar-refractivity contribution < 1.29 is 19.8 Å². The minimum atomic E-state index is -1.37. The molecule has 152 valence electrons. The first-order chi connectivity index (χ1) is 13.8. The summed E-state index contributed by atoms with van der Waals surface area (Å²) in [5, 5.41) is 26.5. The number of fused-ring (bicyclic) bond motifs is 2. The number of aliphatic hydroxyl groups excluding tert-OH is 2. The summed E-state index contributed by atoms with van der Waals surface area (Å²) in [6.45, 7) is 3.11. The molecule has 0 saturated carbocycles. The molecule has 0 radical (unpaired) electrons. The van der Waals surface area contributed by atoms with Gasteiger partial charge < -0.3 is 20.8 Å². The van der Waals surface area contributed by atoms with Crippen molar-refractivity contribution in [1.82, 2.24) is 10.6 Å². The van der Waals surface area contributed by atoms with Gasteiger partial charge in [0, 0.05) is 12.8 Å². The molecule has 2 aliphatic carbocycles. The summed E-state index contributed by atoms with van der Waals surface area (Å²) < 4.78 is 0. The van der Waals surface area contributed by atoms with Crippen molar-refractivity contribution in [3.63, 3.8) is 0 Å². The van der Waals surface area contributed by atoms with Crippen LogP contribution in [0.1, 0.15) is 48.2 Å². The van der Waals surface area contributed by atoms with Crippen LogP contribution in [0.3, 0.4) is 0 Å². The van der Waals surface area contributed by atoms with Crippen molar-refractivity contribution in [2.45, 2.75) is 51.0 Å². The molecule has 0 heterocycles. The van der Waals surface area contributed by atoms with E-state index in [0.717, 1.165) is 22.3 Å². The van der Waals surface area contributed by atoms with Gasteiger partial charge in [-0.2, -0.15) is 0 Å². The molecule has 0 aromatic heterocycles. The van der Waals surface area contributed by atoms with E-state index in [1.165, 1.54) is 0 Å². The maximum atomic E-state index is 13.0. The van der Waals surface area contributed by atoms with Crippen molar-refractivity contribution in [1.29, 1.82) is 0 Å². The van der Waals surface area contributed by atoms with Crippen molar-refractivity contribution in [2.24, 2.45) is 5.41 Å². The molecule has 2 aromatic carbocycles. The Kier molecular flexibility index (Phi) is 4.92. The summed E-state index contributed by atoms with van der Waals surface area (Å²) in [6.07, 6.45) is -0.505. The molecule has 2 aromatic rings. The molecule has 0 fully saturated rings. The van der Waals surface area contributed by atoms with Crippen LogP contribution in [0.2, 0.25) is 0 Å². The monoisotopic (exact) mass is 394 g/mol. The number of amides is 2. The molecule has 6 heteroatoms. The van der Waals surface area contributed by atoms with E-state index in [2.05, 4.69) is 10.6 Å². The van der Waals surface area contributed by atoms with Gasteiger partial charge in [-0.1, -0.05) is 48.5 Å². The molecule has 6 nitrogen and oxygen atoms in total. The molecule has 0 spiro atoms. The Balaban J connectivity index is 1.48. The van der Waals surface area contributed by atoms with Gasteiger partial charge in [0.25, 0.3) is 0 Å². The van der Waals surface area contributed by atoms with Gasteiger partial charge in [-0.25, -0.2) is 0 Å². The van der Waals surface area contributed by atoms with Gasteiger partial charge in [0.1, 0.15) is 5.41 Å². The maximum Gasteiger partial charge on any atom is 0.235 e. The molecule has 2 aliphatic rings. The van der Waals surface area contributed by atoms with Crippen molar-refractivity contribution in [3.8, 4) is 0 Å². The Bertz CT molecular complexity index is 880. The summed E-state index contributed by atoms with van der Waals surface area (Å²) in [4.78, 5) is 25.9. The Morgan fingerprint density at radius 2 is 1.17 bits per heavy atom. The fraction of sp³-hybridized carbons (Fsp3) is 0.391. The Hall–Kier alpha value is -2.70. The molecule has 4 N–H and O–H groups in total. The van der Waals surface area contributed by atoms with Crippen LogP contribution in [-0.2, 0) is 22.4 Å². The maximum absolute atomic E-state index is 13.0. The summed E-state index contributed by atoms with van der Waals surface area (Å²) in [7, 11) is 0. The number of aliphatic hydroxyl groups is 2. The van der Waals surface area contributed by atoms with Crippen LogP contribution in [0.4, 0.5) is 0 Å². The van der Waals surface area contributed by atoms with Crippen LogP contribution in [0.5, 0.6) is 0 Å². The van der Waals surface area contributed by atoms with Crippen molar-refractivity contribution in [3.05, 3.63) is 70.8 Å². The molecule has 0 saturated heterocycles. The van der Waals surface area contributed by atoms with E-state index < -0.39 is 41.5 Å². The summed E-state index contributed by atoms with van der Waals surface area (Å²) in [5.74, 6) is -0.923. The highest BCUT2D eigenvalue weighted by molar-refractivity contribution is 6.04. The minimum Gasteiger partial charge on any atom is -0.390 e. The van der Waals surface area contributed by atoms with Crippen LogP contribution < -0.4 is 10.6 Å². The van der Waals surface area contributed by atoms with E-state index >= 15 is 0 Å². The third-order valence-corrected chi connectivity index (χ3v) is 6.12. The van der Waals surface area contributed by atoms with Gasteiger partial charge in [-0.05, 0) is 36.1 Å².